The van der Waals surface area contributed by atoms with Crippen molar-refractivity contribution in [3.05, 3.63) is 123 Å². The molecule has 0 N–H and O–H groups in total. The monoisotopic (exact) mass is 647 g/mol. The number of fused-ring (bicyclic) bond motifs is 4. The molecule has 48 heavy (non-hydrogen) atoms. The smallest absolute Gasteiger partial charge is 0.487 e. The van der Waals surface area contributed by atoms with Crippen molar-refractivity contribution >= 4 is 35.6 Å². The zero-order valence-electron chi connectivity index (χ0n) is 27.3. The first-order valence-electron chi connectivity index (χ1n) is 15.8. The van der Waals surface area contributed by atoms with Gasteiger partial charge >= 0.3 is 6.97 Å². The Bertz CT molecular complexity index is 2250. The molecule has 1 atom stereocenters. The molecule has 5 heterocycles. The number of ether oxygens (including phenoxy) is 2. The molecule has 0 bridgehead atoms. The van der Waals surface area contributed by atoms with E-state index in [0.29, 0.717) is 51.1 Å². The van der Waals surface area contributed by atoms with Crippen molar-refractivity contribution in [1.29, 1.82) is 0 Å². The highest BCUT2D eigenvalue weighted by Crippen LogP contribution is 2.49. The molecule has 1 unspecified atom stereocenters. The van der Waals surface area contributed by atoms with Gasteiger partial charge in [0.1, 0.15) is 41.2 Å². The summed E-state index contributed by atoms with van der Waals surface area (Å²) in [4.78, 5) is 26.3. The van der Waals surface area contributed by atoms with E-state index >= 15 is 8.63 Å². The van der Waals surface area contributed by atoms with E-state index in [1.807, 2.05) is 64.1 Å². The molecule has 0 saturated carbocycles. The maximum Gasteiger partial charge on any atom is 0.737 e. The van der Waals surface area contributed by atoms with Crippen LogP contribution in [0.5, 0.6) is 5.75 Å². The van der Waals surface area contributed by atoms with Crippen molar-refractivity contribution in [3.63, 3.8) is 0 Å². The number of ketones is 2. The van der Waals surface area contributed by atoms with Crippen LogP contribution in [0.2, 0.25) is 0 Å². The molecule has 4 aliphatic rings. The Morgan fingerprint density at radius 1 is 1.00 bits per heavy atom. The molecule has 0 fully saturated rings. The summed E-state index contributed by atoms with van der Waals surface area (Å²) in [6, 6.07) is 15.5. The van der Waals surface area contributed by atoms with Crippen LogP contribution in [0.1, 0.15) is 77.9 Å². The van der Waals surface area contributed by atoms with E-state index in [1.54, 1.807) is 49.0 Å². The number of aryl methyl sites for hydroxylation is 2. The van der Waals surface area contributed by atoms with Crippen molar-refractivity contribution in [3.8, 4) is 5.75 Å². The predicted molar refractivity (Wildman–Crippen MR) is 176 cm³/mol. The third-order valence-electron chi connectivity index (χ3n) is 9.70. The first kappa shape index (κ1) is 30.0. The predicted octanol–water partition coefficient (Wildman–Crippen LogP) is 6.23. The standard InChI is InChI=1S/C36H32BF2N5O4/c1-19-15-21(3)43-30(19)28(31-20(2)16-22(4)44(31)37(43,38)39)23-11-13-25(14-12-23)47-18-24-17-42(41-40-24)35-29-33(46)32(45)26-9-7-8-10-27(26)34(29)48-36(35,5)6/h7-17,35H,18H2,1-6H3. The molecule has 12 heteroatoms. The van der Waals surface area contributed by atoms with E-state index in [2.05, 4.69) is 10.3 Å². The minimum atomic E-state index is -4.05. The maximum atomic E-state index is 16.0. The second-order valence-corrected chi connectivity index (χ2v) is 13.4. The van der Waals surface area contributed by atoms with Crippen LogP contribution in [0.15, 0.2) is 83.7 Å². The number of carbonyl (C=O) groups is 2. The molecule has 242 valence electrons. The Labute approximate surface area is 275 Å². The summed E-state index contributed by atoms with van der Waals surface area (Å²) in [7, 11) is 0. The van der Waals surface area contributed by atoms with Gasteiger partial charge in [-0.05, 0) is 69.6 Å². The molecular formula is C36H32BF2N5O4. The van der Waals surface area contributed by atoms with Gasteiger partial charge in [-0.3, -0.25) is 9.59 Å². The molecule has 9 nitrogen and oxygen atoms in total. The molecule has 0 spiro atoms. The summed E-state index contributed by atoms with van der Waals surface area (Å²) < 4.78 is 48.2. The maximum absolute atomic E-state index is 16.0. The van der Waals surface area contributed by atoms with E-state index in [9.17, 15) is 9.59 Å². The van der Waals surface area contributed by atoms with Gasteiger partial charge in [-0.15, -0.1) is 5.10 Å². The lowest BCUT2D eigenvalue weighted by atomic mass is 9.83. The minimum absolute atomic E-state index is 0.0859. The highest BCUT2D eigenvalue weighted by atomic mass is 19.2. The Hall–Kier alpha value is -5.39. The average Bonchev–Trinajstić information content (AvgIpc) is 3.78. The number of hydrogen-bond acceptors (Lipinski definition) is 6. The summed E-state index contributed by atoms with van der Waals surface area (Å²) in [5.74, 6) is -0.219. The molecule has 4 aromatic rings. The first-order valence-corrected chi connectivity index (χ1v) is 15.8. The number of halogens is 2. The van der Waals surface area contributed by atoms with E-state index in [4.69, 9.17) is 9.47 Å². The zero-order chi connectivity index (χ0) is 33.9. The molecule has 2 aromatic carbocycles. The van der Waals surface area contributed by atoms with E-state index in [0.717, 1.165) is 22.3 Å². The number of benzene rings is 2. The number of nitrogens with zero attached hydrogens (tertiary/aromatic N) is 5. The Morgan fingerprint density at radius 2 is 1.71 bits per heavy atom. The van der Waals surface area contributed by atoms with Crippen molar-refractivity contribution in [2.24, 2.45) is 0 Å². The molecule has 1 aliphatic carbocycles. The number of allylic oxidation sites excluding steroid dienone is 2. The molecule has 0 amide bonds. The van der Waals surface area contributed by atoms with Crippen molar-refractivity contribution in [1.82, 2.24) is 19.5 Å². The summed E-state index contributed by atoms with van der Waals surface area (Å²) in [5.41, 5.74) is 6.03. The van der Waals surface area contributed by atoms with Crippen molar-refractivity contribution in [2.75, 3.05) is 0 Å². The van der Waals surface area contributed by atoms with Crippen LogP contribution >= 0.6 is 0 Å². The van der Waals surface area contributed by atoms with E-state index < -0.39 is 30.2 Å². The van der Waals surface area contributed by atoms with Crippen molar-refractivity contribution in [2.45, 2.75) is 59.8 Å². The number of rotatable bonds is 5. The third-order valence-corrected chi connectivity index (χ3v) is 9.70. The van der Waals surface area contributed by atoms with Crippen LogP contribution in [-0.2, 0) is 16.1 Å². The molecule has 2 aromatic heterocycles. The molecule has 8 rings (SSSR count). The number of carbonyl (C=O) groups excluding carboxylic acids is 2. The fraction of sp³-hybridized carbons (Fsp3) is 0.250. The molecule has 0 radical (unpaired) electrons. The second-order valence-electron chi connectivity index (χ2n) is 13.4. The summed E-state index contributed by atoms with van der Waals surface area (Å²) in [6.45, 7) is 6.91. The third kappa shape index (κ3) is 4.10. The lowest BCUT2D eigenvalue weighted by Crippen LogP contribution is -2.51. The summed E-state index contributed by atoms with van der Waals surface area (Å²) in [5, 5.41) is 8.58. The van der Waals surface area contributed by atoms with E-state index in [1.165, 1.54) is 8.96 Å². The van der Waals surface area contributed by atoms with Gasteiger partial charge < -0.3 is 27.1 Å². The quantitative estimate of drug-likeness (QED) is 0.189. The number of Topliss-reactive ketones (excluding diaryl/α,β-unsaturated/α-hetero) is 2. The fourth-order valence-corrected chi connectivity index (χ4v) is 7.80. The Kier molecular flexibility index (Phi) is 6.28. The average molecular weight is 647 g/mol. The highest BCUT2D eigenvalue weighted by Gasteiger charge is 2.55. The van der Waals surface area contributed by atoms with Gasteiger partial charge in [0.15, 0.2) is 5.70 Å². The summed E-state index contributed by atoms with van der Waals surface area (Å²) in [6.07, 6.45) is 3.50. The van der Waals surface area contributed by atoms with Gasteiger partial charge in [0, 0.05) is 35.4 Å². The van der Waals surface area contributed by atoms with Gasteiger partial charge in [0.2, 0.25) is 11.6 Å². The van der Waals surface area contributed by atoms with Crippen molar-refractivity contribution < 1.29 is 32.2 Å². The Morgan fingerprint density at radius 3 is 2.44 bits per heavy atom. The lowest BCUT2D eigenvalue weighted by molar-refractivity contribution is -0.363. The normalized spacial score (nSPS) is 20.4. The zero-order valence-corrected chi connectivity index (χ0v) is 27.3. The van der Waals surface area contributed by atoms with Gasteiger partial charge in [-0.1, -0.05) is 41.6 Å². The van der Waals surface area contributed by atoms with Crippen LogP contribution in [0.4, 0.5) is 8.63 Å². The summed E-state index contributed by atoms with van der Waals surface area (Å²) >= 11 is 0. The SMILES string of the molecule is CC1=CC(C)=[N+]2C1=C(c1ccc(OCc3cn(C4C5=C(OC4(C)C)c4ccccc4C(=O)C5=O)nn3)cc1)c1c(C)cc(C)n1[B-]2(F)F. The van der Waals surface area contributed by atoms with Gasteiger partial charge in [-0.25, -0.2) is 4.68 Å². The largest absolute Gasteiger partial charge is 0.737 e. The van der Waals surface area contributed by atoms with E-state index in [-0.39, 0.29) is 12.2 Å². The first-order chi connectivity index (χ1) is 22.8. The molecular weight excluding hydrogens is 615 g/mol. The van der Waals surface area contributed by atoms with Crippen LogP contribution in [0.3, 0.4) is 0 Å². The van der Waals surface area contributed by atoms with Gasteiger partial charge in [0.05, 0.1) is 17.3 Å². The van der Waals surface area contributed by atoms with Gasteiger partial charge in [-0.2, -0.15) is 0 Å². The number of hydrogen-bond donors (Lipinski definition) is 0. The van der Waals surface area contributed by atoms with Crippen LogP contribution in [0, 0.1) is 13.8 Å². The lowest BCUT2D eigenvalue weighted by Gasteiger charge is -2.34. The minimum Gasteiger partial charge on any atom is -0.487 e. The Balaban J connectivity index is 1.07. The molecule has 0 saturated heterocycles. The second kappa shape index (κ2) is 10.1. The van der Waals surface area contributed by atoms with Gasteiger partial charge in [0.25, 0.3) is 0 Å². The van der Waals surface area contributed by atoms with Crippen LogP contribution in [-0.4, -0.2) is 53.8 Å². The van der Waals surface area contributed by atoms with Crippen LogP contribution < -0.4 is 4.74 Å². The fourth-order valence-electron chi connectivity index (χ4n) is 7.80. The van der Waals surface area contributed by atoms with Crippen LogP contribution in [0.25, 0.3) is 11.3 Å². The highest BCUT2D eigenvalue weighted by molar-refractivity contribution is 6.58. The topological polar surface area (TPSA) is 91.2 Å². The molecule has 3 aliphatic heterocycles. The number of aromatic nitrogens is 4.